The van der Waals surface area contributed by atoms with Gasteiger partial charge in [0.2, 0.25) is 5.91 Å². The summed E-state index contributed by atoms with van der Waals surface area (Å²) in [5.41, 5.74) is 3.71. The molecule has 2 N–H and O–H groups in total. The normalized spacial score (nSPS) is 10.5. The highest BCUT2D eigenvalue weighted by molar-refractivity contribution is 7.98. The Labute approximate surface area is 173 Å². The van der Waals surface area contributed by atoms with Crippen LogP contribution in [0.5, 0.6) is 0 Å². The van der Waals surface area contributed by atoms with Crippen LogP contribution in [0.3, 0.4) is 0 Å². The fourth-order valence-corrected chi connectivity index (χ4v) is 4.35. The lowest BCUT2D eigenvalue weighted by atomic mass is 10.1. The van der Waals surface area contributed by atoms with Crippen LogP contribution in [0.15, 0.2) is 70.3 Å². The molecule has 0 saturated heterocycles. The number of thiophene rings is 1. The number of para-hydroxylation sites is 1. The van der Waals surface area contributed by atoms with Gasteiger partial charge in [-0.15, -0.1) is 11.8 Å². The number of carbonyl (C=O) groups excluding carboxylic acids is 2. The van der Waals surface area contributed by atoms with Crippen molar-refractivity contribution in [1.29, 1.82) is 0 Å². The van der Waals surface area contributed by atoms with Crippen molar-refractivity contribution in [2.24, 2.45) is 0 Å². The van der Waals surface area contributed by atoms with E-state index in [4.69, 9.17) is 0 Å². The van der Waals surface area contributed by atoms with Crippen LogP contribution < -0.4 is 10.6 Å². The first-order valence-electron chi connectivity index (χ1n) is 8.99. The van der Waals surface area contributed by atoms with E-state index in [0.29, 0.717) is 12.1 Å². The number of anilines is 1. The summed E-state index contributed by atoms with van der Waals surface area (Å²) in [5, 5.41) is 9.95. The maximum atomic E-state index is 12.3. The maximum Gasteiger partial charge on any atom is 0.251 e. The number of rotatable bonds is 8. The zero-order chi connectivity index (χ0) is 19.8. The molecule has 0 aliphatic carbocycles. The molecule has 1 aromatic heterocycles. The van der Waals surface area contributed by atoms with Crippen LogP contribution in [0.2, 0.25) is 0 Å². The molecule has 0 aliphatic rings. The number of carbonyl (C=O) groups is 2. The monoisotopic (exact) mass is 410 g/mol. The summed E-state index contributed by atoms with van der Waals surface area (Å²) in [7, 11) is 0. The summed E-state index contributed by atoms with van der Waals surface area (Å²) in [6.45, 7) is 2.24. The van der Waals surface area contributed by atoms with Crippen LogP contribution in [0.4, 0.5) is 5.69 Å². The van der Waals surface area contributed by atoms with Gasteiger partial charge in [-0.1, -0.05) is 29.8 Å². The molecule has 28 heavy (non-hydrogen) atoms. The Bertz CT molecular complexity index is 939. The summed E-state index contributed by atoms with van der Waals surface area (Å²) < 4.78 is 0. The Kier molecular flexibility index (Phi) is 7.28. The fourth-order valence-electron chi connectivity index (χ4n) is 2.62. The third-order valence-electron chi connectivity index (χ3n) is 4.05. The minimum atomic E-state index is -0.164. The molecule has 4 nitrogen and oxygen atoms in total. The number of hydrogen-bond acceptors (Lipinski definition) is 4. The number of hydrogen-bond donors (Lipinski definition) is 2. The van der Waals surface area contributed by atoms with Crippen LogP contribution >= 0.6 is 23.1 Å². The lowest BCUT2D eigenvalue weighted by Crippen LogP contribution is -2.27. The van der Waals surface area contributed by atoms with Crippen molar-refractivity contribution in [2.75, 3.05) is 11.9 Å². The van der Waals surface area contributed by atoms with Crippen LogP contribution in [0, 0.1) is 6.92 Å². The van der Waals surface area contributed by atoms with E-state index in [1.54, 1.807) is 29.2 Å². The van der Waals surface area contributed by atoms with E-state index in [1.807, 2.05) is 49.4 Å². The number of benzene rings is 2. The van der Waals surface area contributed by atoms with E-state index in [9.17, 15) is 9.59 Å². The van der Waals surface area contributed by atoms with Crippen molar-refractivity contribution in [3.8, 4) is 0 Å². The second-order valence-electron chi connectivity index (χ2n) is 6.34. The smallest absolute Gasteiger partial charge is 0.251 e. The van der Waals surface area contributed by atoms with Crippen molar-refractivity contribution in [1.82, 2.24) is 5.32 Å². The van der Waals surface area contributed by atoms with Gasteiger partial charge in [0.15, 0.2) is 0 Å². The Hall–Kier alpha value is -2.57. The highest BCUT2D eigenvalue weighted by Crippen LogP contribution is 2.30. The van der Waals surface area contributed by atoms with Gasteiger partial charge in [-0.05, 0) is 53.6 Å². The molecule has 144 valence electrons. The van der Waals surface area contributed by atoms with E-state index in [1.165, 1.54) is 5.56 Å². The SMILES string of the molecule is Cc1cccc(C(=O)NCCC(=O)Nc2ccccc2SCc2ccsc2)c1. The predicted molar refractivity (Wildman–Crippen MR) is 117 cm³/mol. The number of amides is 2. The number of aryl methyl sites for hydroxylation is 1. The Balaban J connectivity index is 1.49. The van der Waals surface area contributed by atoms with Crippen molar-refractivity contribution in [2.45, 2.75) is 24.0 Å². The third-order valence-corrected chi connectivity index (χ3v) is 5.93. The summed E-state index contributed by atoms with van der Waals surface area (Å²) in [5.74, 6) is 0.583. The number of nitrogens with one attached hydrogen (secondary N) is 2. The predicted octanol–water partition coefficient (Wildman–Crippen LogP) is 5.11. The van der Waals surface area contributed by atoms with Crippen LogP contribution in [0.25, 0.3) is 0 Å². The third kappa shape index (κ3) is 5.97. The topological polar surface area (TPSA) is 58.2 Å². The van der Waals surface area contributed by atoms with Crippen molar-refractivity contribution < 1.29 is 9.59 Å². The van der Waals surface area contributed by atoms with Gasteiger partial charge in [-0.2, -0.15) is 11.3 Å². The molecule has 0 fully saturated rings. The highest BCUT2D eigenvalue weighted by Gasteiger charge is 2.09. The summed E-state index contributed by atoms with van der Waals surface area (Å²) in [6, 6.07) is 17.3. The fraction of sp³-hybridized carbons (Fsp3) is 0.182. The summed E-state index contributed by atoms with van der Waals surface area (Å²) >= 11 is 3.38. The number of thioether (sulfide) groups is 1. The molecule has 3 aromatic rings. The second kappa shape index (κ2) is 10.1. The van der Waals surface area contributed by atoms with Gasteiger partial charge in [-0.3, -0.25) is 9.59 Å². The highest BCUT2D eigenvalue weighted by atomic mass is 32.2. The van der Waals surface area contributed by atoms with E-state index < -0.39 is 0 Å². The Morgan fingerprint density at radius 2 is 1.93 bits per heavy atom. The minimum absolute atomic E-state index is 0.117. The van der Waals surface area contributed by atoms with E-state index >= 15 is 0 Å². The molecule has 2 amide bonds. The molecular formula is C22H22N2O2S2. The van der Waals surface area contributed by atoms with Gasteiger partial charge < -0.3 is 10.6 Å². The molecule has 0 bridgehead atoms. The van der Waals surface area contributed by atoms with Gasteiger partial charge in [-0.25, -0.2) is 0 Å². The Morgan fingerprint density at radius 3 is 2.71 bits per heavy atom. The maximum absolute atomic E-state index is 12.3. The lowest BCUT2D eigenvalue weighted by molar-refractivity contribution is -0.116. The van der Waals surface area contributed by atoms with Crippen molar-refractivity contribution >= 4 is 40.6 Å². The molecule has 3 rings (SSSR count). The van der Waals surface area contributed by atoms with Crippen LogP contribution in [-0.2, 0) is 10.5 Å². The Morgan fingerprint density at radius 1 is 1.07 bits per heavy atom. The van der Waals surface area contributed by atoms with Gasteiger partial charge in [0.25, 0.3) is 5.91 Å². The lowest BCUT2D eigenvalue weighted by Gasteiger charge is -2.11. The zero-order valence-corrected chi connectivity index (χ0v) is 17.2. The van der Waals surface area contributed by atoms with Crippen molar-refractivity contribution in [3.63, 3.8) is 0 Å². The van der Waals surface area contributed by atoms with Gasteiger partial charge in [0.1, 0.15) is 0 Å². The van der Waals surface area contributed by atoms with Crippen LogP contribution in [0.1, 0.15) is 27.9 Å². The first kappa shape index (κ1) is 20.2. The summed E-state index contributed by atoms with van der Waals surface area (Å²) in [6.07, 6.45) is 0.223. The quantitative estimate of drug-likeness (QED) is 0.508. The second-order valence-corrected chi connectivity index (χ2v) is 8.14. The molecule has 0 aliphatic heterocycles. The zero-order valence-electron chi connectivity index (χ0n) is 15.6. The van der Waals surface area contributed by atoms with E-state index in [-0.39, 0.29) is 18.2 Å². The average molecular weight is 411 g/mol. The van der Waals surface area contributed by atoms with Gasteiger partial charge in [0.05, 0.1) is 5.69 Å². The molecule has 6 heteroatoms. The first-order valence-corrected chi connectivity index (χ1v) is 10.9. The average Bonchev–Trinajstić information content (AvgIpc) is 3.21. The molecule has 1 heterocycles. The van der Waals surface area contributed by atoms with E-state index in [2.05, 4.69) is 27.5 Å². The molecule has 0 atom stereocenters. The minimum Gasteiger partial charge on any atom is -0.352 e. The molecule has 0 radical (unpaired) electrons. The molecule has 0 unspecified atom stereocenters. The standard InChI is InChI=1S/C22H22N2O2S2/c1-16-5-4-6-18(13-16)22(26)23-11-9-21(25)24-19-7-2-3-8-20(19)28-15-17-10-12-27-14-17/h2-8,10,12-14H,9,11,15H2,1H3,(H,23,26)(H,24,25). The molecular weight excluding hydrogens is 388 g/mol. The largest absolute Gasteiger partial charge is 0.352 e. The summed E-state index contributed by atoms with van der Waals surface area (Å²) in [4.78, 5) is 25.5. The van der Waals surface area contributed by atoms with Gasteiger partial charge >= 0.3 is 0 Å². The first-order chi connectivity index (χ1) is 13.6. The molecule has 2 aromatic carbocycles. The van der Waals surface area contributed by atoms with Crippen molar-refractivity contribution in [3.05, 3.63) is 82.0 Å². The van der Waals surface area contributed by atoms with E-state index in [0.717, 1.165) is 21.9 Å². The molecule has 0 spiro atoms. The van der Waals surface area contributed by atoms with Crippen LogP contribution in [-0.4, -0.2) is 18.4 Å². The van der Waals surface area contributed by atoms with Gasteiger partial charge in [0, 0.05) is 29.2 Å². The molecule has 0 saturated carbocycles.